The number of allylic oxidation sites excluding steroid dienone is 1. The molecule has 1 saturated carbocycles. The second kappa shape index (κ2) is 6.40. The van der Waals surface area contributed by atoms with Crippen molar-refractivity contribution in [3.05, 3.63) is 29.5 Å². The second-order valence-corrected chi connectivity index (χ2v) is 6.09. The quantitative estimate of drug-likeness (QED) is 0.472. The summed E-state index contributed by atoms with van der Waals surface area (Å²) >= 11 is 0. The number of hydrogen-bond acceptors (Lipinski definition) is 4. The van der Waals surface area contributed by atoms with Gasteiger partial charge < -0.3 is 14.9 Å². The molecule has 4 nitrogen and oxygen atoms in total. The fraction of sp³-hybridized carbons (Fsp3) is 0.625. The molecule has 0 saturated heterocycles. The van der Waals surface area contributed by atoms with Crippen molar-refractivity contribution < 1.29 is 19.7 Å². The zero-order valence-corrected chi connectivity index (χ0v) is 12.6. The number of esters is 1. The molecule has 20 heavy (non-hydrogen) atoms. The van der Waals surface area contributed by atoms with Crippen LogP contribution in [0.1, 0.15) is 40.5 Å². The molecule has 0 spiro atoms. The first-order chi connectivity index (χ1) is 9.19. The lowest BCUT2D eigenvalue weighted by Crippen LogP contribution is -2.46. The fourth-order valence-electron chi connectivity index (χ4n) is 2.95. The molecular weight excluding hydrogens is 256 g/mol. The van der Waals surface area contributed by atoms with Crippen molar-refractivity contribution in [2.24, 2.45) is 5.41 Å². The van der Waals surface area contributed by atoms with Gasteiger partial charge in [0, 0.05) is 18.9 Å². The average Bonchev–Trinajstić information content (AvgIpc) is 2.24. The maximum atomic E-state index is 11.1. The Morgan fingerprint density at radius 1 is 1.45 bits per heavy atom. The van der Waals surface area contributed by atoms with Crippen LogP contribution in [0.5, 0.6) is 0 Å². The van der Waals surface area contributed by atoms with Crippen LogP contribution in [0.15, 0.2) is 29.5 Å². The van der Waals surface area contributed by atoms with Crippen molar-refractivity contribution in [1.82, 2.24) is 0 Å². The van der Waals surface area contributed by atoms with E-state index in [2.05, 4.69) is 5.73 Å². The summed E-state index contributed by atoms with van der Waals surface area (Å²) in [6, 6.07) is 0. The lowest BCUT2D eigenvalue weighted by molar-refractivity contribution is -0.152. The molecule has 0 aromatic rings. The van der Waals surface area contributed by atoms with E-state index in [4.69, 9.17) is 9.84 Å². The molecule has 0 aromatic carbocycles. The molecule has 2 N–H and O–H groups in total. The van der Waals surface area contributed by atoms with Gasteiger partial charge in [0.15, 0.2) is 0 Å². The zero-order chi connectivity index (χ0) is 15.4. The lowest BCUT2D eigenvalue weighted by atomic mass is 9.65. The van der Waals surface area contributed by atoms with Gasteiger partial charge in [0.1, 0.15) is 6.10 Å². The molecule has 0 aliphatic heterocycles. The van der Waals surface area contributed by atoms with Crippen LogP contribution in [0.4, 0.5) is 0 Å². The summed E-state index contributed by atoms with van der Waals surface area (Å²) in [6.45, 7) is 7.08. The molecule has 2 atom stereocenters. The first-order valence-electron chi connectivity index (χ1n) is 6.82. The highest BCUT2D eigenvalue weighted by molar-refractivity contribution is 5.66. The molecule has 112 valence electrons. The van der Waals surface area contributed by atoms with Crippen LogP contribution >= 0.6 is 0 Å². The zero-order valence-electron chi connectivity index (χ0n) is 12.6. The van der Waals surface area contributed by atoms with Gasteiger partial charge in [-0.25, -0.2) is 0 Å². The highest BCUT2D eigenvalue weighted by Crippen LogP contribution is 2.46. The Balaban J connectivity index is 3.05. The van der Waals surface area contributed by atoms with E-state index in [0.717, 1.165) is 5.57 Å². The standard InChI is InChI=1S/C16H24O4/c1-12(18)20-13-10-15(2,3)14(16(4,19)11-13)8-6-5-7-9-17/h5-7,13,17,19H,9-11H2,1-4H3/b7-5+/t8?,13-,16+/m0/s1. The molecule has 0 unspecified atom stereocenters. The smallest absolute Gasteiger partial charge is 0.302 e. The Morgan fingerprint density at radius 2 is 2.10 bits per heavy atom. The Labute approximate surface area is 120 Å². The van der Waals surface area contributed by atoms with Crippen LogP contribution in [0.3, 0.4) is 0 Å². The second-order valence-electron chi connectivity index (χ2n) is 6.09. The van der Waals surface area contributed by atoms with Crippen molar-refractivity contribution in [1.29, 1.82) is 0 Å². The molecule has 1 aliphatic rings. The maximum Gasteiger partial charge on any atom is 0.302 e. The van der Waals surface area contributed by atoms with Gasteiger partial charge in [0.2, 0.25) is 0 Å². The predicted octanol–water partition coefficient (Wildman–Crippen LogP) is 2.12. The Bertz CT molecular complexity index is 431. The van der Waals surface area contributed by atoms with Gasteiger partial charge >= 0.3 is 5.97 Å². The van der Waals surface area contributed by atoms with E-state index < -0.39 is 5.60 Å². The minimum absolute atomic E-state index is 0.0260. The van der Waals surface area contributed by atoms with Gasteiger partial charge in [-0.05, 0) is 24.8 Å². The minimum atomic E-state index is -1.06. The summed E-state index contributed by atoms with van der Waals surface area (Å²) in [6.07, 6.45) is 5.72. The van der Waals surface area contributed by atoms with Crippen LogP contribution in [0.25, 0.3) is 0 Å². The van der Waals surface area contributed by atoms with Gasteiger partial charge in [0.25, 0.3) is 0 Å². The van der Waals surface area contributed by atoms with E-state index in [1.807, 2.05) is 13.8 Å². The van der Waals surface area contributed by atoms with E-state index in [1.165, 1.54) is 6.92 Å². The summed E-state index contributed by atoms with van der Waals surface area (Å²) in [5.41, 5.74) is 2.52. The molecule has 1 rings (SSSR count). The predicted molar refractivity (Wildman–Crippen MR) is 77.0 cm³/mol. The van der Waals surface area contributed by atoms with Gasteiger partial charge in [-0.1, -0.05) is 26.0 Å². The number of aliphatic hydroxyl groups is 2. The normalized spacial score (nSPS) is 29.1. The van der Waals surface area contributed by atoms with E-state index in [0.29, 0.717) is 12.8 Å². The number of aliphatic hydroxyl groups excluding tert-OH is 1. The van der Waals surface area contributed by atoms with E-state index in [1.54, 1.807) is 25.2 Å². The highest BCUT2D eigenvalue weighted by Gasteiger charge is 2.45. The average molecular weight is 280 g/mol. The van der Waals surface area contributed by atoms with Crippen LogP contribution in [0.2, 0.25) is 0 Å². The van der Waals surface area contributed by atoms with E-state index >= 15 is 0 Å². The van der Waals surface area contributed by atoms with Crippen LogP contribution in [0, 0.1) is 5.41 Å². The molecule has 0 aromatic heterocycles. The van der Waals surface area contributed by atoms with Gasteiger partial charge in [-0.2, -0.15) is 0 Å². The molecule has 4 heteroatoms. The van der Waals surface area contributed by atoms with Crippen LogP contribution in [-0.4, -0.2) is 34.5 Å². The van der Waals surface area contributed by atoms with E-state index in [-0.39, 0.29) is 24.1 Å². The van der Waals surface area contributed by atoms with Crippen molar-refractivity contribution in [2.75, 3.05) is 6.61 Å². The monoisotopic (exact) mass is 280 g/mol. The van der Waals surface area contributed by atoms with Gasteiger partial charge in [-0.3, -0.25) is 4.79 Å². The number of carbonyl (C=O) groups is 1. The van der Waals surface area contributed by atoms with Crippen molar-refractivity contribution >= 4 is 5.97 Å². The molecule has 1 aliphatic carbocycles. The number of rotatable bonds is 3. The maximum absolute atomic E-state index is 11.1. The fourth-order valence-corrected chi connectivity index (χ4v) is 2.95. The Morgan fingerprint density at radius 3 is 2.60 bits per heavy atom. The van der Waals surface area contributed by atoms with Crippen molar-refractivity contribution in [2.45, 2.75) is 52.2 Å². The Hall–Kier alpha value is -1.35. The van der Waals surface area contributed by atoms with Crippen LogP contribution < -0.4 is 0 Å². The third-order valence-electron chi connectivity index (χ3n) is 3.48. The number of hydrogen-bond donors (Lipinski definition) is 2. The summed E-state index contributed by atoms with van der Waals surface area (Å²) in [4.78, 5) is 11.1. The summed E-state index contributed by atoms with van der Waals surface area (Å²) in [7, 11) is 0. The topological polar surface area (TPSA) is 66.8 Å². The molecular formula is C16H24O4. The largest absolute Gasteiger partial charge is 0.462 e. The van der Waals surface area contributed by atoms with Crippen LogP contribution in [-0.2, 0) is 9.53 Å². The molecule has 0 heterocycles. The van der Waals surface area contributed by atoms with Crippen molar-refractivity contribution in [3.63, 3.8) is 0 Å². The summed E-state index contributed by atoms with van der Waals surface area (Å²) in [5.74, 6) is -0.324. The minimum Gasteiger partial charge on any atom is -0.462 e. The van der Waals surface area contributed by atoms with E-state index in [9.17, 15) is 9.90 Å². The molecule has 0 amide bonds. The molecule has 0 radical (unpaired) electrons. The number of carbonyl (C=O) groups excluding carboxylic acids is 1. The SMILES string of the molecule is CC(=O)O[C@H]1CC(C)(C)C(=C=C/C=C/CO)[C@](C)(O)C1. The summed E-state index contributed by atoms with van der Waals surface area (Å²) in [5, 5.41) is 19.3. The number of ether oxygens (including phenoxy) is 1. The third kappa shape index (κ3) is 4.34. The van der Waals surface area contributed by atoms with Crippen molar-refractivity contribution in [3.8, 4) is 0 Å². The first-order valence-corrected chi connectivity index (χ1v) is 6.82. The third-order valence-corrected chi connectivity index (χ3v) is 3.48. The lowest BCUT2D eigenvalue weighted by Gasteiger charge is -2.44. The Kier molecular flexibility index (Phi) is 5.35. The molecule has 0 bridgehead atoms. The molecule has 1 fully saturated rings. The highest BCUT2D eigenvalue weighted by atomic mass is 16.5. The summed E-state index contributed by atoms with van der Waals surface area (Å²) < 4.78 is 5.26. The van der Waals surface area contributed by atoms with Gasteiger partial charge in [0.05, 0.1) is 12.2 Å². The van der Waals surface area contributed by atoms with Gasteiger partial charge in [-0.15, -0.1) is 5.73 Å². The first kappa shape index (κ1) is 16.7.